The van der Waals surface area contributed by atoms with Crippen LogP contribution in [0.5, 0.6) is 5.75 Å². The van der Waals surface area contributed by atoms with Gasteiger partial charge in [-0.3, -0.25) is 0 Å². The number of benzene rings is 2. The lowest BCUT2D eigenvalue weighted by Crippen LogP contribution is -2.31. The van der Waals surface area contributed by atoms with Crippen LogP contribution in [0.15, 0.2) is 48.5 Å². The van der Waals surface area contributed by atoms with Gasteiger partial charge in [0.1, 0.15) is 12.4 Å². The first-order valence-electron chi connectivity index (χ1n) is 8.89. The van der Waals surface area contributed by atoms with Crippen LogP contribution in [0.1, 0.15) is 29.5 Å². The molecular formula is C20H25NO3S. The molecule has 0 aromatic heterocycles. The van der Waals surface area contributed by atoms with Crippen LogP contribution in [0.25, 0.3) is 0 Å². The number of nitrogens with one attached hydrogen (secondary N) is 1. The van der Waals surface area contributed by atoms with E-state index in [2.05, 4.69) is 10.8 Å². The highest BCUT2D eigenvalue weighted by Gasteiger charge is 2.14. The van der Waals surface area contributed by atoms with Gasteiger partial charge < -0.3 is 4.74 Å². The van der Waals surface area contributed by atoms with Gasteiger partial charge >= 0.3 is 0 Å². The van der Waals surface area contributed by atoms with Crippen LogP contribution >= 0.6 is 0 Å². The van der Waals surface area contributed by atoms with E-state index in [0.29, 0.717) is 19.6 Å². The third-order valence-electron chi connectivity index (χ3n) is 4.54. The van der Waals surface area contributed by atoms with Gasteiger partial charge in [-0.15, -0.1) is 0 Å². The number of ether oxygens (including phenoxy) is 1. The fraction of sp³-hybridized carbons (Fsp3) is 0.400. The molecule has 0 fully saturated rings. The van der Waals surface area contributed by atoms with Crippen molar-refractivity contribution in [2.24, 2.45) is 0 Å². The van der Waals surface area contributed by atoms with Crippen molar-refractivity contribution in [3.8, 4) is 5.75 Å². The summed E-state index contributed by atoms with van der Waals surface area (Å²) in [7, 11) is -3.28. The lowest BCUT2D eigenvalue weighted by Gasteiger charge is -2.19. The van der Waals surface area contributed by atoms with Gasteiger partial charge in [0.25, 0.3) is 0 Å². The normalized spacial score (nSPS) is 14.1. The van der Waals surface area contributed by atoms with Crippen LogP contribution < -0.4 is 9.46 Å². The van der Waals surface area contributed by atoms with Crippen molar-refractivity contribution >= 4 is 10.0 Å². The minimum Gasteiger partial charge on any atom is -0.492 e. The van der Waals surface area contributed by atoms with Gasteiger partial charge in [0.2, 0.25) is 10.0 Å². The molecule has 25 heavy (non-hydrogen) atoms. The standard InChI is InChI=1S/C20H25NO3S/c22-25(23,16-13-17-7-2-1-3-8-17)21-14-15-24-20-12-6-10-18-9-4-5-11-19(18)20/h1-3,6-8,10,12,21H,4-5,9,11,13-16H2. The second-order valence-electron chi connectivity index (χ2n) is 6.40. The first-order chi connectivity index (χ1) is 12.1. The van der Waals surface area contributed by atoms with Gasteiger partial charge in [-0.2, -0.15) is 0 Å². The molecule has 0 atom stereocenters. The minimum atomic E-state index is -3.28. The molecule has 0 spiro atoms. The predicted octanol–water partition coefficient (Wildman–Crippen LogP) is 3.11. The Morgan fingerprint density at radius 2 is 1.76 bits per heavy atom. The van der Waals surface area contributed by atoms with Crippen molar-refractivity contribution in [3.05, 3.63) is 65.2 Å². The summed E-state index contributed by atoms with van der Waals surface area (Å²) in [5.74, 6) is 0.998. The van der Waals surface area contributed by atoms with Crippen LogP contribution in [0.3, 0.4) is 0 Å². The molecule has 0 amide bonds. The zero-order valence-electron chi connectivity index (χ0n) is 14.4. The van der Waals surface area contributed by atoms with Crippen molar-refractivity contribution in [1.29, 1.82) is 0 Å². The van der Waals surface area contributed by atoms with Crippen molar-refractivity contribution in [2.45, 2.75) is 32.1 Å². The summed E-state index contributed by atoms with van der Waals surface area (Å²) in [5.41, 5.74) is 3.69. The molecule has 0 radical (unpaired) electrons. The summed E-state index contributed by atoms with van der Waals surface area (Å²) < 4.78 is 32.6. The molecule has 0 saturated carbocycles. The summed E-state index contributed by atoms with van der Waals surface area (Å²) in [6, 6.07) is 15.8. The van der Waals surface area contributed by atoms with Gasteiger partial charge in [-0.25, -0.2) is 13.1 Å². The highest BCUT2D eigenvalue weighted by atomic mass is 32.2. The summed E-state index contributed by atoms with van der Waals surface area (Å²) in [6.07, 6.45) is 5.10. The van der Waals surface area contributed by atoms with Gasteiger partial charge in [-0.1, -0.05) is 42.5 Å². The largest absolute Gasteiger partial charge is 0.492 e. The maximum atomic E-state index is 12.1. The molecule has 134 valence electrons. The zero-order valence-corrected chi connectivity index (χ0v) is 15.2. The first kappa shape index (κ1) is 18.0. The van der Waals surface area contributed by atoms with Crippen LogP contribution in [0, 0.1) is 0 Å². The van der Waals surface area contributed by atoms with E-state index in [-0.39, 0.29) is 5.75 Å². The van der Waals surface area contributed by atoms with E-state index in [4.69, 9.17) is 4.74 Å². The second-order valence-corrected chi connectivity index (χ2v) is 8.32. The van der Waals surface area contributed by atoms with E-state index in [1.165, 1.54) is 24.0 Å². The molecule has 2 aromatic carbocycles. The summed E-state index contributed by atoms with van der Waals surface area (Å²) in [4.78, 5) is 0. The molecule has 1 N–H and O–H groups in total. The minimum absolute atomic E-state index is 0.0950. The van der Waals surface area contributed by atoms with Gasteiger partial charge in [0.15, 0.2) is 0 Å². The molecule has 3 rings (SSSR count). The first-order valence-corrected chi connectivity index (χ1v) is 10.5. The Morgan fingerprint density at radius 3 is 2.60 bits per heavy atom. The smallest absolute Gasteiger partial charge is 0.212 e. The van der Waals surface area contributed by atoms with Gasteiger partial charge in [0, 0.05) is 6.54 Å². The molecule has 4 nitrogen and oxygen atoms in total. The van der Waals surface area contributed by atoms with E-state index in [9.17, 15) is 8.42 Å². The fourth-order valence-corrected chi connectivity index (χ4v) is 4.25. The second kappa shape index (κ2) is 8.50. The number of rotatable bonds is 8. The summed E-state index contributed by atoms with van der Waals surface area (Å²) in [6.45, 7) is 0.641. The number of sulfonamides is 1. The van der Waals surface area contributed by atoms with Crippen molar-refractivity contribution in [1.82, 2.24) is 4.72 Å². The average molecular weight is 359 g/mol. The Labute approximate surface area is 150 Å². The van der Waals surface area contributed by atoms with Crippen molar-refractivity contribution in [3.63, 3.8) is 0 Å². The zero-order chi connectivity index (χ0) is 17.5. The Balaban J connectivity index is 1.45. The number of aryl methyl sites for hydroxylation is 2. The van der Waals surface area contributed by atoms with Crippen LogP contribution in [0.4, 0.5) is 0 Å². The maximum absolute atomic E-state index is 12.1. The molecular weight excluding hydrogens is 334 g/mol. The Hall–Kier alpha value is -1.85. The molecule has 5 heteroatoms. The molecule has 0 unspecified atom stereocenters. The van der Waals surface area contributed by atoms with E-state index in [1.54, 1.807) is 0 Å². The molecule has 0 bridgehead atoms. The molecule has 1 aliphatic rings. The number of fused-ring (bicyclic) bond motifs is 1. The summed E-state index contributed by atoms with van der Waals surface area (Å²) in [5, 5.41) is 0. The van der Waals surface area contributed by atoms with Crippen LogP contribution in [0.2, 0.25) is 0 Å². The highest BCUT2D eigenvalue weighted by Crippen LogP contribution is 2.29. The SMILES string of the molecule is O=S(=O)(CCc1ccccc1)NCCOc1cccc2c1CCCC2. The number of hydrogen-bond donors (Lipinski definition) is 1. The van der Waals surface area contributed by atoms with Crippen LogP contribution in [-0.4, -0.2) is 27.3 Å². The quantitative estimate of drug-likeness (QED) is 0.737. The summed E-state index contributed by atoms with van der Waals surface area (Å²) >= 11 is 0. The molecule has 0 saturated heterocycles. The third kappa shape index (κ3) is 5.31. The molecule has 2 aromatic rings. The van der Waals surface area contributed by atoms with Gasteiger partial charge in [0.05, 0.1) is 5.75 Å². The van der Waals surface area contributed by atoms with E-state index in [0.717, 1.165) is 24.2 Å². The topological polar surface area (TPSA) is 55.4 Å². The van der Waals surface area contributed by atoms with E-state index in [1.807, 2.05) is 42.5 Å². The number of hydrogen-bond acceptors (Lipinski definition) is 3. The molecule has 1 aliphatic carbocycles. The fourth-order valence-electron chi connectivity index (χ4n) is 3.21. The molecule has 0 heterocycles. The van der Waals surface area contributed by atoms with Crippen LogP contribution in [-0.2, 0) is 29.3 Å². The monoisotopic (exact) mass is 359 g/mol. The average Bonchev–Trinajstić information content (AvgIpc) is 2.65. The Kier molecular flexibility index (Phi) is 6.10. The maximum Gasteiger partial charge on any atom is 0.212 e. The highest BCUT2D eigenvalue weighted by molar-refractivity contribution is 7.89. The Bertz CT molecular complexity index is 788. The van der Waals surface area contributed by atoms with Gasteiger partial charge in [-0.05, 0) is 54.9 Å². The Morgan fingerprint density at radius 1 is 0.960 bits per heavy atom. The van der Waals surface area contributed by atoms with E-state index < -0.39 is 10.0 Å². The third-order valence-corrected chi connectivity index (χ3v) is 5.92. The molecule has 0 aliphatic heterocycles. The lowest BCUT2D eigenvalue weighted by molar-refractivity contribution is 0.318. The van der Waals surface area contributed by atoms with Crippen molar-refractivity contribution in [2.75, 3.05) is 18.9 Å². The predicted molar refractivity (Wildman–Crippen MR) is 101 cm³/mol. The van der Waals surface area contributed by atoms with E-state index >= 15 is 0 Å². The lowest BCUT2D eigenvalue weighted by atomic mass is 9.91. The van der Waals surface area contributed by atoms with Crippen molar-refractivity contribution < 1.29 is 13.2 Å².